The number of hydrogen-bond donors (Lipinski definition) is 3. The molecule has 0 saturated heterocycles. The van der Waals surface area contributed by atoms with Crippen LogP contribution in [0.4, 0.5) is 0 Å². The van der Waals surface area contributed by atoms with E-state index in [9.17, 15) is 14.7 Å². The molecule has 2 aromatic heterocycles. The molecule has 0 spiro atoms. The van der Waals surface area contributed by atoms with Gasteiger partial charge in [-0.25, -0.2) is 9.50 Å². The molecule has 1 amide bonds. The van der Waals surface area contributed by atoms with Crippen LogP contribution in [0.3, 0.4) is 0 Å². The van der Waals surface area contributed by atoms with Gasteiger partial charge in [0.1, 0.15) is 5.56 Å². The Kier molecular flexibility index (Phi) is 4.43. The van der Waals surface area contributed by atoms with Crippen molar-refractivity contribution in [2.24, 2.45) is 0 Å². The van der Waals surface area contributed by atoms with Gasteiger partial charge in [-0.15, -0.1) is 0 Å². The summed E-state index contributed by atoms with van der Waals surface area (Å²) in [5.74, 6) is -0.552. The van der Waals surface area contributed by atoms with Gasteiger partial charge >= 0.3 is 0 Å². The van der Waals surface area contributed by atoms with Crippen LogP contribution in [0.1, 0.15) is 21.6 Å². The second-order valence-corrected chi connectivity index (χ2v) is 5.65. The Hall–Kier alpha value is -2.93. The van der Waals surface area contributed by atoms with E-state index in [1.807, 2.05) is 30.3 Å². The van der Waals surface area contributed by atoms with E-state index < -0.39 is 17.5 Å². The van der Waals surface area contributed by atoms with Crippen molar-refractivity contribution in [1.29, 1.82) is 0 Å². The van der Waals surface area contributed by atoms with E-state index >= 15 is 0 Å². The number of aryl methyl sites for hydroxylation is 1. The van der Waals surface area contributed by atoms with Crippen LogP contribution in [0.15, 0.2) is 47.4 Å². The molecule has 0 aliphatic heterocycles. The largest absolute Gasteiger partial charge is 0.394 e. The minimum atomic E-state index is -0.552. The fourth-order valence-corrected chi connectivity index (χ4v) is 2.56. The molecule has 0 aliphatic carbocycles. The van der Waals surface area contributed by atoms with E-state index in [0.29, 0.717) is 12.1 Å². The van der Waals surface area contributed by atoms with Crippen molar-refractivity contribution in [2.75, 3.05) is 6.61 Å². The first-order chi connectivity index (χ1) is 11.6. The van der Waals surface area contributed by atoms with Crippen molar-refractivity contribution < 1.29 is 9.90 Å². The second kappa shape index (κ2) is 6.67. The number of aromatic nitrogens is 3. The second-order valence-electron chi connectivity index (χ2n) is 5.65. The quantitative estimate of drug-likeness (QED) is 0.641. The third kappa shape index (κ3) is 3.21. The van der Waals surface area contributed by atoms with Crippen LogP contribution >= 0.6 is 0 Å². The van der Waals surface area contributed by atoms with Crippen molar-refractivity contribution in [1.82, 2.24) is 19.9 Å². The van der Waals surface area contributed by atoms with Crippen molar-refractivity contribution in [3.63, 3.8) is 0 Å². The lowest BCUT2D eigenvalue weighted by Gasteiger charge is -2.16. The standard InChI is InChI=1S/C17H18N4O3/c1-11-7-15-18-9-14(17(24)21(15)20-11)16(23)19-13(10-22)8-12-5-3-2-4-6-12/h2-7,9,13,20,22H,8,10H2,1H3,(H,19,23). The highest BCUT2D eigenvalue weighted by Gasteiger charge is 2.18. The number of nitrogens with zero attached hydrogens (tertiary/aromatic N) is 2. The van der Waals surface area contributed by atoms with Gasteiger partial charge in [-0.2, -0.15) is 0 Å². The molecule has 0 bridgehead atoms. The Morgan fingerprint density at radius 3 is 2.83 bits per heavy atom. The summed E-state index contributed by atoms with van der Waals surface area (Å²) < 4.78 is 1.23. The van der Waals surface area contributed by atoms with Gasteiger partial charge in [0.25, 0.3) is 11.5 Å². The van der Waals surface area contributed by atoms with Crippen LogP contribution in [-0.2, 0) is 6.42 Å². The first-order valence-corrected chi connectivity index (χ1v) is 7.61. The van der Waals surface area contributed by atoms with E-state index in [2.05, 4.69) is 15.4 Å². The molecular formula is C17H18N4O3. The lowest BCUT2D eigenvalue weighted by Crippen LogP contribution is -2.41. The summed E-state index contributed by atoms with van der Waals surface area (Å²) in [5, 5.41) is 15.0. The number of aromatic amines is 1. The van der Waals surface area contributed by atoms with Crippen molar-refractivity contribution in [3.8, 4) is 0 Å². The minimum absolute atomic E-state index is 0.0686. The summed E-state index contributed by atoms with van der Waals surface area (Å²) in [6, 6.07) is 10.8. The molecule has 3 rings (SSSR count). The first-order valence-electron chi connectivity index (χ1n) is 7.61. The van der Waals surface area contributed by atoms with E-state index in [1.165, 1.54) is 10.7 Å². The number of H-pyrrole nitrogens is 1. The topological polar surface area (TPSA) is 99.5 Å². The Balaban J connectivity index is 1.80. The molecule has 2 heterocycles. The predicted molar refractivity (Wildman–Crippen MR) is 89.0 cm³/mol. The van der Waals surface area contributed by atoms with Crippen LogP contribution in [-0.4, -0.2) is 38.3 Å². The van der Waals surface area contributed by atoms with Gasteiger partial charge in [-0.1, -0.05) is 30.3 Å². The maximum Gasteiger partial charge on any atom is 0.285 e. The number of rotatable bonds is 5. The lowest BCUT2D eigenvalue weighted by molar-refractivity contribution is 0.0914. The number of benzene rings is 1. The van der Waals surface area contributed by atoms with E-state index in [1.54, 1.807) is 13.0 Å². The molecule has 0 fully saturated rings. The summed E-state index contributed by atoms with van der Waals surface area (Å²) in [6.07, 6.45) is 1.74. The van der Waals surface area contributed by atoms with Crippen LogP contribution in [0, 0.1) is 6.92 Å². The third-order valence-electron chi connectivity index (χ3n) is 3.75. The van der Waals surface area contributed by atoms with Gasteiger partial charge in [0.2, 0.25) is 0 Å². The smallest absolute Gasteiger partial charge is 0.285 e. The molecule has 0 radical (unpaired) electrons. The summed E-state index contributed by atoms with van der Waals surface area (Å²) >= 11 is 0. The molecule has 7 heteroatoms. The lowest BCUT2D eigenvalue weighted by atomic mass is 10.1. The number of aliphatic hydroxyl groups excluding tert-OH is 1. The Bertz CT molecular complexity index is 914. The number of carbonyl (C=O) groups excluding carboxylic acids is 1. The van der Waals surface area contributed by atoms with Crippen molar-refractivity contribution in [3.05, 3.63) is 69.8 Å². The molecule has 24 heavy (non-hydrogen) atoms. The monoisotopic (exact) mass is 326 g/mol. The van der Waals surface area contributed by atoms with Crippen LogP contribution in [0.2, 0.25) is 0 Å². The number of hydrogen-bond acceptors (Lipinski definition) is 4. The highest BCUT2D eigenvalue weighted by atomic mass is 16.3. The average molecular weight is 326 g/mol. The maximum absolute atomic E-state index is 12.4. The first kappa shape index (κ1) is 15.9. The molecule has 124 valence electrons. The number of fused-ring (bicyclic) bond motifs is 1. The number of nitrogens with one attached hydrogen (secondary N) is 2. The molecule has 1 unspecified atom stereocenters. The number of aliphatic hydroxyl groups is 1. The Morgan fingerprint density at radius 2 is 2.12 bits per heavy atom. The molecule has 0 aliphatic rings. The molecule has 0 saturated carbocycles. The summed E-state index contributed by atoms with van der Waals surface area (Å²) in [4.78, 5) is 28.9. The average Bonchev–Trinajstić information content (AvgIpc) is 2.97. The van der Waals surface area contributed by atoms with Gasteiger partial charge < -0.3 is 10.4 Å². The van der Waals surface area contributed by atoms with Gasteiger partial charge in [0.05, 0.1) is 12.6 Å². The molecule has 1 aromatic carbocycles. The zero-order chi connectivity index (χ0) is 17.1. The third-order valence-corrected chi connectivity index (χ3v) is 3.75. The fraction of sp³-hybridized carbons (Fsp3) is 0.235. The minimum Gasteiger partial charge on any atom is -0.394 e. The van der Waals surface area contributed by atoms with E-state index in [4.69, 9.17) is 0 Å². The highest BCUT2D eigenvalue weighted by molar-refractivity contribution is 5.93. The van der Waals surface area contributed by atoms with Crippen LogP contribution < -0.4 is 10.9 Å². The zero-order valence-electron chi connectivity index (χ0n) is 13.2. The molecular weight excluding hydrogens is 308 g/mol. The normalized spacial score (nSPS) is 12.2. The molecule has 3 aromatic rings. The van der Waals surface area contributed by atoms with Gasteiger partial charge in [-0.3, -0.25) is 14.7 Å². The Labute approximate surface area is 138 Å². The maximum atomic E-state index is 12.4. The number of carbonyl (C=O) groups is 1. The van der Waals surface area contributed by atoms with Crippen molar-refractivity contribution >= 4 is 11.6 Å². The van der Waals surface area contributed by atoms with Crippen molar-refractivity contribution in [2.45, 2.75) is 19.4 Å². The molecule has 1 atom stereocenters. The SMILES string of the molecule is Cc1cc2ncc(C(=O)NC(CO)Cc3ccccc3)c(=O)n2[nH]1. The number of amides is 1. The highest BCUT2D eigenvalue weighted by Crippen LogP contribution is 2.04. The fourth-order valence-electron chi connectivity index (χ4n) is 2.56. The van der Waals surface area contributed by atoms with Crippen LogP contribution in [0.25, 0.3) is 5.65 Å². The molecule has 7 nitrogen and oxygen atoms in total. The van der Waals surface area contributed by atoms with Gasteiger partial charge in [0.15, 0.2) is 5.65 Å². The summed E-state index contributed by atoms with van der Waals surface area (Å²) in [6.45, 7) is 1.58. The van der Waals surface area contributed by atoms with E-state index in [0.717, 1.165) is 11.3 Å². The van der Waals surface area contributed by atoms with Gasteiger partial charge in [0, 0.05) is 18.0 Å². The Morgan fingerprint density at radius 1 is 1.38 bits per heavy atom. The van der Waals surface area contributed by atoms with Crippen LogP contribution in [0.5, 0.6) is 0 Å². The van der Waals surface area contributed by atoms with Gasteiger partial charge in [-0.05, 0) is 18.9 Å². The predicted octanol–water partition coefficient (Wildman–Crippen LogP) is 0.664. The molecule has 3 N–H and O–H groups in total. The van der Waals surface area contributed by atoms with E-state index in [-0.39, 0.29) is 12.2 Å². The summed E-state index contributed by atoms with van der Waals surface area (Å²) in [5.41, 5.74) is 1.68. The zero-order valence-corrected chi connectivity index (χ0v) is 13.2. The summed E-state index contributed by atoms with van der Waals surface area (Å²) in [7, 11) is 0.